The highest BCUT2D eigenvalue weighted by molar-refractivity contribution is 6.31. The van der Waals surface area contributed by atoms with E-state index >= 15 is 0 Å². The van der Waals surface area contributed by atoms with Crippen LogP contribution in [0.2, 0.25) is 5.02 Å². The molecule has 1 unspecified atom stereocenters. The number of carbonyl (C=O) groups is 1. The molecule has 0 aliphatic carbocycles. The average Bonchev–Trinajstić information content (AvgIpc) is 2.64. The van der Waals surface area contributed by atoms with Gasteiger partial charge in [-0.25, -0.2) is 0 Å². The summed E-state index contributed by atoms with van der Waals surface area (Å²) in [6.45, 7) is -0.763. The van der Waals surface area contributed by atoms with Crippen molar-refractivity contribution in [2.45, 2.75) is 12.7 Å². The third kappa shape index (κ3) is 5.15. The molecule has 1 saturated heterocycles. The van der Waals surface area contributed by atoms with Crippen LogP contribution in [0.1, 0.15) is 11.6 Å². The van der Waals surface area contributed by atoms with Gasteiger partial charge in [0.25, 0.3) is 0 Å². The van der Waals surface area contributed by atoms with Gasteiger partial charge in [0.15, 0.2) is 0 Å². The molecule has 2 aromatic carbocycles. The van der Waals surface area contributed by atoms with Crippen molar-refractivity contribution in [2.75, 3.05) is 31.5 Å². The Labute approximate surface area is 161 Å². The first kappa shape index (κ1) is 19.5. The molecule has 0 bridgehead atoms. The zero-order valence-corrected chi connectivity index (χ0v) is 15.3. The summed E-state index contributed by atoms with van der Waals surface area (Å²) in [6.07, 6.45) is 0. The highest BCUT2D eigenvalue weighted by Crippen LogP contribution is 2.29. The molecule has 1 atom stereocenters. The van der Waals surface area contributed by atoms with Gasteiger partial charge in [0, 0.05) is 30.7 Å². The fraction of sp³-hybridized carbons (Fsp3) is 0.316. The number of nitrogens with one attached hydrogen (secondary N) is 2. The smallest absolute Gasteiger partial charge is 0.387 e. The predicted octanol–water partition coefficient (Wildman–Crippen LogP) is 3.53. The summed E-state index contributed by atoms with van der Waals surface area (Å²) in [5, 5.41) is 6.61. The lowest BCUT2D eigenvalue weighted by molar-refractivity contribution is -0.118. The Balaban J connectivity index is 1.70. The van der Waals surface area contributed by atoms with Crippen molar-refractivity contribution in [1.29, 1.82) is 0 Å². The third-order valence-electron chi connectivity index (χ3n) is 4.34. The van der Waals surface area contributed by atoms with Crippen LogP contribution in [-0.4, -0.2) is 43.6 Å². The minimum Gasteiger partial charge on any atom is -0.433 e. The summed E-state index contributed by atoms with van der Waals surface area (Å²) < 4.78 is 29.5. The predicted molar refractivity (Wildman–Crippen MR) is 100 cm³/mol. The Morgan fingerprint density at radius 1 is 1.26 bits per heavy atom. The number of rotatable bonds is 6. The van der Waals surface area contributed by atoms with Crippen LogP contribution in [0.25, 0.3) is 0 Å². The number of ether oxygens (including phenoxy) is 1. The van der Waals surface area contributed by atoms with E-state index in [1.807, 2.05) is 29.2 Å². The lowest BCUT2D eigenvalue weighted by Gasteiger charge is -2.36. The van der Waals surface area contributed by atoms with Crippen molar-refractivity contribution in [1.82, 2.24) is 10.2 Å². The van der Waals surface area contributed by atoms with Crippen LogP contribution in [0, 0.1) is 0 Å². The largest absolute Gasteiger partial charge is 0.433 e. The zero-order valence-electron chi connectivity index (χ0n) is 14.5. The van der Waals surface area contributed by atoms with Crippen molar-refractivity contribution < 1.29 is 18.3 Å². The topological polar surface area (TPSA) is 53.6 Å². The molecule has 144 valence electrons. The van der Waals surface area contributed by atoms with E-state index in [-0.39, 0.29) is 29.9 Å². The van der Waals surface area contributed by atoms with E-state index in [1.165, 1.54) is 12.1 Å². The molecule has 0 radical (unpaired) electrons. The van der Waals surface area contributed by atoms with E-state index in [4.69, 9.17) is 11.6 Å². The Kier molecular flexibility index (Phi) is 6.60. The standard InChI is InChI=1S/C19H20ClF2N3O2/c20-14-6-2-1-5-13(14)16-11-23-9-10-25(16)12-18(26)24-15-7-3-4-8-17(15)27-19(21)22/h1-8,16,19,23H,9-12H2,(H,24,26). The highest BCUT2D eigenvalue weighted by Gasteiger charge is 2.27. The number of nitrogens with zero attached hydrogens (tertiary/aromatic N) is 1. The number of hydrogen-bond donors (Lipinski definition) is 2. The van der Waals surface area contributed by atoms with Gasteiger partial charge in [-0.2, -0.15) is 8.78 Å². The van der Waals surface area contributed by atoms with Gasteiger partial charge < -0.3 is 15.4 Å². The summed E-state index contributed by atoms with van der Waals surface area (Å²) in [6, 6.07) is 13.6. The maximum atomic E-state index is 12.5. The molecule has 0 saturated carbocycles. The van der Waals surface area contributed by atoms with E-state index in [9.17, 15) is 13.6 Å². The van der Waals surface area contributed by atoms with Crippen LogP contribution in [0.5, 0.6) is 5.75 Å². The van der Waals surface area contributed by atoms with Crippen molar-refractivity contribution in [3.05, 3.63) is 59.1 Å². The van der Waals surface area contributed by atoms with Crippen LogP contribution >= 0.6 is 11.6 Å². The lowest BCUT2D eigenvalue weighted by Crippen LogP contribution is -2.48. The minimum absolute atomic E-state index is 0.0502. The van der Waals surface area contributed by atoms with Crippen LogP contribution in [-0.2, 0) is 4.79 Å². The fourth-order valence-corrected chi connectivity index (χ4v) is 3.39. The van der Waals surface area contributed by atoms with Gasteiger partial charge in [0.05, 0.1) is 12.2 Å². The summed E-state index contributed by atoms with van der Waals surface area (Å²) in [4.78, 5) is 14.5. The number of carbonyl (C=O) groups excluding carboxylic acids is 1. The van der Waals surface area contributed by atoms with E-state index in [2.05, 4.69) is 15.4 Å². The van der Waals surface area contributed by atoms with Gasteiger partial charge in [0.2, 0.25) is 5.91 Å². The molecule has 1 aliphatic rings. The number of anilines is 1. The Morgan fingerprint density at radius 2 is 2.00 bits per heavy atom. The molecule has 1 fully saturated rings. The summed E-state index contributed by atoms with van der Waals surface area (Å²) in [5.74, 6) is -0.372. The Bertz CT molecular complexity index is 791. The van der Waals surface area contributed by atoms with Crippen molar-refractivity contribution in [3.63, 3.8) is 0 Å². The number of piperazine rings is 1. The molecule has 5 nitrogen and oxygen atoms in total. The molecule has 0 spiro atoms. The van der Waals surface area contributed by atoms with Crippen LogP contribution in [0.3, 0.4) is 0 Å². The number of amides is 1. The molecule has 8 heteroatoms. The molecule has 3 rings (SSSR count). The molecule has 0 aromatic heterocycles. The number of para-hydroxylation sites is 2. The number of halogens is 3. The first-order valence-electron chi connectivity index (χ1n) is 8.57. The molecular weight excluding hydrogens is 376 g/mol. The Hall–Kier alpha value is -2.22. The molecule has 1 heterocycles. The summed E-state index contributed by atoms with van der Waals surface area (Å²) >= 11 is 6.32. The SMILES string of the molecule is O=C(CN1CCNCC1c1ccccc1Cl)Nc1ccccc1OC(F)F. The van der Waals surface area contributed by atoms with Crippen molar-refractivity contribution >= 4 is 23.2 Å². The second kappa shape index (κ2) is 9.12. The van der Waals surface area contributed by atoms with E-state index in [0.717, 1.165) is 12.1 Å². The average molecular weight is 396 g/mol. The molecule has 2 aromatic rings. The highest BCUT2D eigenvalue weighted by atomic mass is 35.5. The van der Waals surface area contributed by atoms with Crippen LogP contribution in [0.15, 0.2) is 48.5 Å². The second-order valence-corrected chi connectivity index (χ2v) is 6.54. The van der Waals surface area contributed by atoms with Gasteiger partial charge in [-0.3, -0.25) is 9.69 Å². The molecule has 27 heavy (non-hydrogen) atoms. The second-order valence-electron chi connectivity index (χ2n) is 6.13. The third-order valence-corrected chi connectivity index (χ3v) is 4.69. The Morgan fingerprint density at radius 3 is 2.78 bits per heavy atom. The van der Waals surface area contributed by atoms with Gasteiger partial charge in [0.1, 0.15) is 5.75 Å². The van der Waals surface area contributed by atoms with E-state index in [0.29, 0.717) is 18.1 Å². The monoisotopic (exact) mass is 395 g/mol. The summed E-state index contributed by atoms with van der Waals surface area (Å²) in [5.41, 5.74) is 1.16. The number of benzene rings is 2. The van der Waals surface area contributed by atoms with Crippen molar-refractivity contribution in [3.8, 4) is 5.75 Å². The molecule has 2 N–H and O–H groups in total. The van der Waals surface area contributed by atoms with Gasteiger partial charge in [-0.1, -0.05) is 41.9 Å². The van der Waals surface area contributed by atoms with E-state index in [1.54, 1.807) is 12.1 Å². The maximum Gasteiger partial charge on any atom is 0.387 e. The summed E-state index contributed by atoms with van der Waals surface area (Å²) in [7, 11) is 0. The number of hydrogen-bond acceptors (Lipinski definition) is 4. The first-order valence-corrected chi connectivity index (χ1v) is 8.95. The zero-order chi connectivity index (χ0) is 19.2. The van der Waals surface area contributed by atoms with E-state index < -0.39 is 6.61 Å². The van der Waals surface area contributed by atoms with Crippen LogP contribution in [0.4, 0.5) is 14.5 Å². The fourth-order valence-electron chi connectivity index (χ4n) is 3.13. The maximum absolute atomic E-state index is 12.5. The quantitative estimate of drug-likeness (QED) is 0.785. The van der Waals surface area contributed by atoms with Gasteiger partial charge in [-0.05, 0) is 23.8 Å². The lowest BCUT2D eigenvalue weighted by atomic mass is 10.0. The molecule has 1 amide bonds. The van der Waals surface area contributed by atoms with Gasteiger partial charge >= 0.3 is 6.61 Å². The minimum atomic E-state index is -2.96. The van der Waals surface area contributed by atoms with Crippen LogP contribution < -0.4 is 15.4 Å². The normalized spacial score (nSPS) is 17.7. The number of alkyl halides is 2. The molecule has 1 aliphatic heterocycles. The van der Waals surface area contributed by atoms with Crippen molar-refractivity contribution in [2.24, 2.45) is 0 Å². The first-order chi connectivity index (χ1) is 13.0. The van der Waals surface area contributed by atoms with Gasteiger partial charge in [-0.15, -0.1) is 0 Å². The molecular formula is C19H20ClF2N3O2.